The van der Waals surface area contributed by atoms with E-state index in [1.807, 2.05) is 27.7 Å². The molecule has 1 amide bonds. The van der Waals surface area contributed by atoms with Crippen LogP contribution in [0.4, 0.5) is 5.69 Å². The summed E-state index contributed by atoms with van der Waals surface area (Å²) in [5.74, 6) is -1.70. The molecule has 3 N–H and O–H groups in total. The van der Waals surface area contributed by atoms with Gasteiger partial charge in [-0.15, -0.1) is 0 Å². The van der Waals surface area contributed by atoms with Gasteiger partial charge in [0.1, 0.15) is 10.6 Å². The van der Waals surface area contributed by atoms with Crippen LogP contribution in [-0.4, -0.2) is 41.7 Å². The number of benzene rings is 1. The van der Waals surface area contributed by atoms with Crippen LogP contribution in [0.2, 0.25) is 0 Å². The molecule has 0 aliphatic heterocycles. The number of nitrogens with one attached hydrogen (secondary N) is 2. The Morgan fingerprint density at radius 3 is 2.51 bits per heavy atom. The molecule has 0 radical (unpaired) electrons. The number of sulfonamides is 1. The number of ether oxygens (including phenoxy) is 1. The van der Waals surface area contributed by atoms with Crippen LogP contribution in [0.15, 0.2) is 45.9 Å². The zero-order valence-corrected chi connectivity index (χ0v) is 20.9. The number of nitrogens with zero attached hydrogens (tertiary/aromatic N) is 2. The van der Waals surface area contributed by atoms with Gasteiger partial charge in [-0.25, -0.2) is 22.6 Å². The van der Waals surface area contributed by atoms with Crippen LogP contribution in [0.5, 0.6) is 11.6 Å². The molecule has 0 fully saturated rings. The summed E-state index contributed by atoms with van der Waals surface area (Å²) in [6.07, 6.45) is 1.91. The normalized spacial score (nSPS) is 11.9. The number of aromatic carboxylic acids is 1. The fourth-order valence-corrected chi connectivity index (χ4v) is 4.44. The molecular formula is C23H28N4O7S. The van der Waals surface area contributed by atoms with Gasteiger partial charge in [0, 0.05) is 17.8 Å². The zero-order chi connectivity index (χ0) is 26.0. The van der Waals surface area contributed by atoms with E-state index in [-0.39, 0.29) is 45.8 Å². The molecule has 0 saturated carbocycles. The Hall–Kier alpha value is -3.64. The topological polar surface area (TPSA) is 153 Å². The van der Waals surface area contributed by atoms with Crippen molar-refractivity contribution in [3.05, 3.63) is 53.6 Å². The average Bonchev–Trinajstić information content (AvgIpc) is 3.42. The number of carboxylic acids is 1. The number of carbonyl (C=O) groups excluding carboxylic acids is 1. The van der Waals surface area contributed by atoms with E-state index >= 15 is 0 Å². The predicted molar refractivity (Wildman–Crippen MR) is 128 cm³/mol. The Morgan fingerprint density at radius 2 is 1.94 bits per heavy atom. The molecule has 0 atom stereocenters. The number of aromatic nitrogens is 2. The second kappa shape index (κ2) is 9.92. The fourth-order valence-electron chi connectivity index (χ4n) is 3.16. The summed E-state index contributed by atoms with van der Waals surface area (Å²) in [7, 11) is -4.05. The van der Waals surface area contributed by atoms with Gasteiger partial charge in [-0.2, -0.15) is 5.10 Å². The van der Waals surface area contributed by atoms with Crippen molar-refractivity contribution < 1.29 is 32.3 Å². The van der Waals surface area contributed by atoms with Crippen LogP contribution in [0.3, 0.4) is 0 Å². The van der Waals surface area contributed by atoms with Crippen LogP contribution < -0.4 is 14.8 Å². The average molecular weight is 505 g/mol. The van der Waals surface area contributed by atoms with Gasteiger partial charge in [0.2, 0.25) is 15.9 Å². The molecule has 2 heterocycles. The quantitative estimate of drug-likeness (QED) is 0.396. The van der Waals surface area contributed by atoms with Crippen LogP contribution in [-0.2, 0) is 15.6 Å². The molecular weight excluding hydrogens is 476 g/mol. The van der Waals surface area contributed by atoms with E-state index in [1.54, 1.807) is 6.07 Å². The molecule has 2 aromatic heterocycles. The van der Waals surface area contributed by atoms with E-state index in [4.69, 9.17) is 9.15 Å². The van der Waals surface area contributed by atoms with Gasteiger partial charge in [0.25, 0.3) is 5.91 Å². The maximum atomic E-state index is 13.1. The molecule has 0 saturated heterocycles. The third-order valence-electron chi connectivity index (χ3n) is 4.89. The van der Waals surface area contributed by atoms with E-state index in [1.165, 1.54) is 42.1 Å². The van der Waals surface area contributed by atoms with E-state index in [9.17, 15) is 23.1 Å². The molecule has 3 rings (SSSR count). The van der Waals surface area contributed by atoms with Crippen molar-refractivity contribution in [3.63, 3.8) is 0 Å². The number of carboxylic acid groups (broad SMARTS) is 1. The van der Waals surface area contributed by atoms with Gasteiger partial charge in [0.05, 0.1) is 11.8 Å². The molecule has 35 heavy (non-hydrogen) atoms. The molecule has 11 nitrogen and oxygen atoms in total. The Bertz CT molecular complexity index is 1340. The lowest BCUT2D eigenvalue weighted by Crippen LogP contribution is -2.26. The summed E-state index contributed by atoms with van der Waals surface area (Å²) in [4.78, 5) is 23.8. The number of hydrogen-bond donors (Lipinski definition) is 3. The van der Waals surface area contributed by atoms with Gasteiger partial charge in [-0.3, -0.25) is 4.79 Å². The van der Waals surface area contributed by atoms with Crippen LogP contribution in [0.1, 0.15) is 60.7 Å². The van der Waals surface area contributed by atoms with Crippen molar-refractivity contribution in [1.29, 1.82) is 0 Å². The SMILES string of the molecule is CCCNS(=O)(=O)c1cc(NC(=O)c2ccco2)ccc1Oc1c(C)c(C(=O)O)nn1C(C)(C)C. The molecule has 0 spiro atoms. The van der Waals surface area contributed by atoms with Gasteiger partial charge in [0.15, 0.2) is 11.5 Å². The van der Waals surface area contributed by atoms with E-state index in [0.29, 0.717) is 6.42 Å². The summed E-state index contributed by atoms with van der Waals surface area (Å²) in [6, 6.07) is 7.16. The number of hydrogen-bond acceptors (Lipinski definition) is 7. The van der Waals surface area contributed by atoms with E-state index in [0.717, 1.165) is 0 Å². The third kappa shape index (κ3) is 5.72. The molecule has 3 aromatic rings. The number of furan rings is 1. The molecule has 1 aromatic carbocycles. The van der Waals surface area contributed by atoms with Crippen LogP contribution in [0.25, 0.3) is 0 Å². The lowest BCUT2D eigenvalue weighted by Gasteiger charge is -2.23. The van der Waals surface area contributed by atoms with Gasteiger partial charge in [-0.1, -0.05) is 6.92 Å². The molecule has 0 bridgehead atoms. The molecule has 0 aliphatic rings. The Labute approximate surface area is 203 Å². The highest BCUT2D eigenvalue weighted by atomic mass is 32.2. The molecule has 0 aliphatic carbocycles. The lowest BCUT2D eigenvalue weighted by molar-refractivity contribution is 0.0687. The zero-order valence-electron chi connectivity index (χ0n) is 20.1. The summed E-state index contributed by atoms with van der Waals surface area (Å²) >= 11 is 0. The first-order chi connectivity index (χ1) is 16.3. The highest BCUT2D eigenvalue weighted by molar-refractivity contribution is 7.89. The Kier molecular flexibility index (Phi) is 7.36. The largest absolute Gasteiger partial charge is 0.476 e. The monoisotopic (exact) mass is 504 g/mol. The number of anilines is 1. The summed E-state index contributed by atoms with van der Waals surface area (Å²) in [5, 5.41) is 16.3. The van der Waals surface area contributed by atoms with Crippen LogP contribution in [0, 0.1) is 6.92 Å². The van der Waals surface area contributed by atoms with Crippen molar-refractivity contribution in [3.8, 4) is 11.6 Å². The van der Waals surface area contributed by atoms with Crippen molar-refractivity contribution >= 4 is 27.6 Å². The van der Waals surface area contributed by atoms with Gasteiger partial charge in [-0.05, 0) is 64.4 Å². The molecule has 0 unspecified atom stereocenters. The first kappa shape index (κ1) is 26.0. The number of rotatable bonds is 9. The standard InChI is InChI=1S/C23H28N4O7S/c1-6-11-24-35(31,32)18-13-15(25-20(28)17-8-7-12-33-17)9-10-16(18)34-21-14(2)19(22(29)30)26-27(21)23(3,4)5/h7-10,12-13,24H,6,11H2,1-5H3,(H,25,28)(H,29,30). The van der Waals surface area contributed by atoms with Crippen molar-refractivity contribution in [2.75, 3.05) is 11.9 Å². The number of carbonyl (C=O) groups is 2. The second-order valence-corrected chi connectivity index (χ2v) is 10.5. The minimum absolute atomic E-state index is 0.0599. The predicted octanol–water partition coefficient (Wildman–Crippen LogP) is 3.97. The third-order valence-corrected chi connectivity index (χ3v) is 6.37. The minimum Gasteiger partial charge on any atom is -0.476 e. The summed E-state index contributed by atoms with van der Waals surface area (Å²) < 4.78 is 41.2. The lowest BCUT2D eigenvalue weighted by atomic mass is 10.1. The smallest absolute Gasteiger partial charge is 0.356 e. The fraction of sp³-hybridized carbons (Fsp3) is 0.348. The van der Waals surface area contributed by atoms with E-state index in [2.05, 4.69) is 15.1 Å². The summed E-state index contributed by atoms with van der Waals surface area (Å²) in [6.45, 7) is 8.98. The number of amides is 1. The van der Waals surface area contributed by atoms with Gasteiger partial charge >= 0.3 is 5.97 Å². The van der Waals surface area contributed by atoms with Crippen molar-refractivity contribution in [1.82, 2.24) is 14.5 Å². The highest BCUT2D eigenvalue weighted by Gasteiger charge is 2.29. The minimum atomic E-state index is -4.05. The van der Waals surface area contributed by atoms with Crippen molar-refractivity contribution in [2.45, 2.75) is 51.5 Å². The van der Waals surface area contributed by atoms with E-state index < -0.39 is 27.4 Å². The molecule has 188 valence electrons. The highest BCUT2D eigenvalue weighted by Crippen LogP contribution is 2.36. The van der Waals surface area contributed by atoms with Crippen molar-refractivity contribution in [2.24, 2.45) is 0 Å². The maximum absolute atomic E-state index is 13.1. The first-order valence-electron chi connectivity index (χ1n) is 10.8. The Morgan fingerprint density at radius 1 is 1.23 bits per heavy atom. The second-order valence-electron chi connectivity index (χ2n) is 8.76. The Balaban J connectivity index is 2.10. The first-order valence-corrected chi connectivity index (χ1v) is 12.3. The van der Waals surface area contributed by atoms with Gasteiger partial charge < -0.3 is 19.6 Å². The molecule has 12 heteroatoms. The summed E-state index contributed by atoms with van der Waals surface area (Å²) in [5.41, 5.74) is -0.425. The van der Waals surface area contributed by atoms with Crippen LogP contribution >= 0.6 is 0 Å². The maximum Gasteiger partial charge on any atom is 0.356 e.